The van der Waals surface area contributed by atoms with Gasteiger partial charge in [-0.15, -0.1) is 0 Å². The Morgan fingerprint density at radius 2 is 2.14 bits per heavy atom. The molecule has 3 atom stereocenters. The molecular weight excluding hydrogens is 172 g/mol. The topological polar surface area (TPSA) is 6.48 Å². The van der Waals surface area contributed by atoms with Crippen molar-refractivity contribution in [2.24, 2.45) is 17.8 Å². The van der Waals surface area contributed by atoms with Gasteiger partial charge in [0.05, 0.1) is 6.67 Å². The van der Waals surface area contributed by atoms with Gasteiger partial charge in [0.2, 0.25) is 0 Å². The third-order valence-electron chi connectivity index (χ3n) is 3.82. The molecule has 0 radical (unpaired) electrons. The first kappa shape index (κ1) is 8.39. The molecule has 1 aliphatic heterocycles. The number of fused-ring (bicyclic) bond motifs is 2. The van der Waals surface area contributed by atoms with Crippen molar-refractivity contribution >= 4 is 0 Å². The Labute approximate surface area is 85.9 Å². The Hall–Kier alpha value is -0.920. The van der Waals surface area contributed by atoms with Crippen molar-refractivity contribution in [2.45, 2.75) is 12.8 Å². The SMILES string of the molecule is CN1C=CN(CC2CC3C=CC2C3)C1. The van der Waals surface area contributed by atoms with Crippen molar-refractivity contribution in [1.82, 2.24) is 9.80 Å². The van der Waals surface area contributed by atoms with Crippen molar-refractivity contribution in [3.8, 4) is 0 Å². The summed E-state index contributed by atoms with van der Waals surface area (Å²) in [6.45, 7) is 2.34. The first-order chi connectivity index (χ1) is 6.81. The maximum atomic E-state index is 2.45. The lowest BCUT2D eigenvalue weighted by Crippen LogP contribution is -2.29. The molecule has 3 aliphatic rings. The molecule has 76 valence electrons. The second-order valence-corrected chi connectivity index (χ2v) is 5.01. The highest BCUT2D eigenvalue weighted by atomic mass is 15.3. The summed E-state index contributed by atoms with van der Waals surface area (Å²) in [5, 5.41) is 0. The average Bonchev–Trinajstić information content (AvgIpc) is 2.82. The maximum Gasteiger partial charge on any atom is 0.0890 e. The molecule has 0 aromatic heterocycles. The molecule has 0 aromatic rings. The molecule has 1 heterocycles. The normalized spacial score (nSPS) is 39.1. The van der Waals surface area contributed by atoms with Crippen LogP contribution >= 0.6 is 0 Å². The number of nitrogens with zero attached hydrogens (tertiary/aromatic N) is 2. The van der Waals surface area contributed by atoms with E-state index in [4.69, 9.17) is 0 Å². The summed E-state index contributed by atoms with van der Waals surface area (Å²) >= 11 is 0. The van der Waals surface area contributed by atoms with Gasteiger partial charge in [-0.2, -0.15) is 0 Å². The molecule has 0 aromatic carbocycles. The van der Waals surface area contributed by atoms with E-state index in [-0.39, 0.29) is 0 Å². The molecule has 3 rings (SSSR count). The van der Waals surface area contributed by atoms with Crippen LogP contribution in [0, 0.1) is 17.8 Å². The summed E-state index contributed by atoms with van der Waals surface area (Å²) in [6, 6.07) is 0. The lowest BCUT2D eigenvalue weighted by molar-refractivity contribution is 0.242. The lowest BCUT2D eigenvalue weighted by Gasteiger charge is -2.25. The maximum absolute atomic E-state index is 2.45. The third kappa shape index (κ3) is 1.33. The average molecular weight is 190 g/mol. The predicted octanol–water partition coefficient (Wildman–Crippen LogP) is 1.87. The fourth-order valence-corrected chi connectivity index (χ4v) is 3.11. The summed E-state index contributed by atoms with van der Waals surface area (Å²) in [7, 11) is 2.14. The fraction of sp³-hybridized carbons (Fsp3) is 0.667. The highest BCUT2D eigenvalue weighted by molar-refractivity contribution is 5.10. The Kier molecular flexibility index (Phi) is 1.82. The van der Waals surface area contributed by atoms with E-state index in [2.05, 4.69) is 41.4 Å². The highest BCUT2D eigenvalue weighted by Gasteiger charge is 2.36. The minimum atomic E-state index is 0.888. The van der Waals surface area contributed by atoms with E-state index >= 15 is 0 Å². The molecule has 2 bridgehead atoms. The number of hydrogen-bond donors (Lipinski definition) is 0. The Morgan fingerprint density at radius 1 is 1.21 bits per heavy atom. The molecule has 0 saturated heterocycles. The minimum Gasteiger partial charge on any atom is -0.362 e. The van der Waals surface area contributed by atoms with Crippen LogP contribution in [0.5, 0.6) is 0 Å². The van der Waals surface area contributed by atoms with Gasteiger partial charge < -0.3 is 9.80 Å². The first-order valence-electron chi connectivity index (χ1n) is 5.62. The summed E-state index contributed by atoms with van der Waals surface area (Å²) in [5.41, 5.74) is 0. The van der Waals surface area contributed by atoms with Crippen LogP contribution in [-0.2, 0) is 0 Å². The molecule has 0 spiro atoms. The van der Waals surface area contributed by atoms with Crippen LogP contribution in [0.25, 0.3) is 0 Å². The quantitative estimate of drug-likeness (QED) is 0.613. The Morgan fingerprint density at radius 3 is 2.71 bits per heavy atom. The zero-order valence-corrected chi connectivity index (χ0v) is 8.76. The molecular formula is C12H18N2. The zero-order valence-electron chi connectivity index (χ0n) is 8.76. The highest BCUT2D eigenvalue weighted by Crippen LogP contribution is 2.43. The van der Waals surface area contributed by atoms with E-state index in [1.165, 1.54) is 19.4 Å². The Bertz CT molecular complexity index is 282. The molecule has 1 saturated carbocycles. The van der Waals surface area contributed by atoms with Crippen molar-refractivity contribution in [3.05, 3.63) is 24.6 Å². The molecule has 2 heteroatoms. The lowest BCUT2D eigenvalue weighted by atomic mass is 9.93. The first-order valence-corrected chi connectivity index (χ1v) is 5.62. The third-order valence-corrected chi connectivity index (χ3v) is 3.82. The van der Waals surface area contributed by atoms with Crippen LogP contribution in [-0.4, -0.2) is 30.1 Å². The van der Waals surface area contributed by atoms with Gasteiger partial charge >= 0.3 is 0 Å². The monoisotopic (exact) mass is 190 g/mol. The second-order valence-electron chi connectivity index (χ2n) is 5.01. The van der Waals surface area contributed by atoms with Gasteiger partial charge in [-0.25, -0.2) is 0 Å². The summed E-state index contributed by atoms with van der Waals surface area (Å²) in [5.74, 6) is 2.72. The van der Waals surface area contributed by atoms with Crippen LogP contribution in [0.4, 0.5) is 0 Å². The van der Waals surface area contributed by atoms with Gasteiger partial charge in [-0.05, 0) is 30.6 Å². The number of rotatable bonds is 2. The molecule has 2 nitrogen and oxygen atoms in total. The van der Waals surface area contributed by atoms with E-state index in [1.54, 1.807) is 0 Å². The van der Waals surface area contributed by atoms with Gasteiger partial charge in [0.15, 0.2) is 0 Å². The van der Waals surface area contributed by atoms with Gasteiger partial charge in [0, 0.05) is 26.0 Å². The van der Waals surface area contributed by atoms with E-state index in [0.717, 1.165) is 24.4 Å². The van der Waals surface area contributed by atoms with Crippen LogP contribution in [0.1, 0.15) is 12.8 Å². The second kappa shape index (κ2) is 3.04. The van der Waals surface area contributed by atoms with E-state index in [9.17, 15) is 0 Å². The fourth-order valence-electron chi connectivity index (χ4n) is 3.11. The van der Waals surface area contributed by atoms with E-state index < -0.39 is 0 Å². The largest absolute Gasteiger partial charge is 0.362 e. The summed E-state index contributed by atoms with van der Waals surface area (Å²) in [4.78, 5) is 4.68. The molecule has 0 N–H and O–H groups in total. The van der Waals surface area contributed by atoms with Crippen molar-refractivity contribution < 1.29 is 0 Å². The predicted molar refractivity (Wildman–Crippen MR) is 57.3 cm³/mol. The van der Waals surface area contributed by atoms with Crippen LogP contribution in [0.2, 0.25) is 0 Å². The standard InChI is InChI=1S/C12H18N2/c1-13-4-5-14(9-13)8-12-7-10-2-3-11(12)6-10/h2-5,10-12H,6-9H2,1H3. The number of hydrogen-bond acceptors (Lipinski definition) is 2. The molecule has 3 unspecified atom stereocenters. The van der Waals surface area contributed by atoms with Crippen LogP contribution in [0.3, 0.4) is 0 Å². The smallest absolute Gasteiger partial charge is 0.0890 e. The minimum absolute atomic E-state index is 0.888. The van der Waals surface area contributed by atoms with Gasteiger partial charge in [0.25, 0.3) is 0 Å². The van der Waals surface area contributed by atoms with Crippen LogP contribution < -0.4 is 0 Å². The zero-order chi connectivity index (χ0) is 9.54. The van der Waals surface area contributed by atoms with Gasteiger partial charge in [0.1, 0.15) is 0 Å². The van der Waals surface area contributed by atoms with Crippen molar-refractivity contribution in [1.29, 1.82) is 0 Å². The number of allylic oxidation sites excluding steroid dienone is 2. The molecule has 1 fully saturated rings. The van der Waals surface area contributed by atoms with E-state index in [1.807, 2.05) is 0 Å². The van der Waals surface area contributed by atoms with Gasteiger partial charge in [-0.1, -0.05) is 12.2 Å². The molecule has 2 aliphatic carbocycles. The van der Waals surface area contributed by atoms with Crippen molar-refractivity contribution in [2.75, 3.05) is 20.3 Å². The van der Waals surface area contributed by atoms with E-state index in [0.29, 0.717) is 0 Å². The summed E-state index contributed by atoms with van der Waals surface area (Å²) < 4.78 is 0. The van der Waals surface area contributed by atoms with Crippen LogP contribution in [0.15, 0.2) is 24.6 Å². The summed E-state index contributed by atoms with van der Waals surface area (Å²) in [6.07, 6.45) is 12.1. The molecule has 0 amide bonds. The molecule has 14 heavy (non-hydrogen) atoms. The van der Waals surface area contributed by atoms with Gasteiger partial charge in [-0.3, -0.25) is 0 Å². The van der Waals surface area contributed by atoms with Crippen molar-refractivity contribution in [3.63, 3.8) is 0 Å². The Balaban J connectivity index is 1.59.